The van der Waals surface area contributed by atoms with Crippen LogP contribution in [0.15, 0.2) is 36.4 Å². The Morgan fingerprint density at radius 2 is 1.06 bits per heavy atom. The Morgan fingerprint density at radius 1 is 0.625 bits per heavy atom. The summed E-state index contributed by atoms with van der Waals surface area (Å²) >= 11 is 0. The minimum Gasteiger partial charge on any atom is -0.457 e. The molecule has 2 aromatic rings. The van der Waals surface area contributed by atoms with Gasteiger partial charge in [0.05, 0.1) is 11.8 Å². The lowest BCUT2D eigenvalue weighted by atomic mass is 9.90. The molecule has 1 heterocycles. The predicted molar refractivity (Wildman–Crippen MR) is 189 cm³/mol. The van der Waals surface area contributed by atoms with Gasteiger partial charge < -0.3 is 24.3 Å². The van der Waals surface area contributed by atoms with E-state index in [1.165, 1.54) is 47.9 Å². The molecule has 1 saturated heterocycles. The third-order valence-corrected chi connectivity index (χ3v) is 10.9. The molecule has 7 heteroatoms. The maximum absolute atomic E-state index is 12.1. The lowest BCUT2D eigenvalue weighted by Gasteiger charge is -2.21. The molecular formula is C41H59NO6. The van der Waals surface area contributed by atoms with E-state index in [1.54, 1.807) is 0 Å². The number of benzene rings is 2. The summed E-state index contributed by atoms with van der Waals surface area (Å²) < 4.78 is 22.8. The summed E-state index contributed by atoms with van der Waals surface area (Å²) in [4.78, 5) is 24.1. The Labute approximate surface area is 288 Å². The molecule has 4 aliphatic rings. The van der Waals surface area contributed by atoms with Crippen molar-refractivity contribution in [1.82, 2.24) is 5.32 Å². The lowest BCUT2D eigenvalue weighted by Crippen LogP contribution is -2.22. The van der Waals surface area contributed by atoms with Crippen LogP contribution in [0.3, 0.4) is 0 Å². The molecule has 7 nitrogen and oxygen atoms in total. The molecule has 2 aromatic carbocycles. The molecule has 1 N–H and O–H groups in total. The van der Waals surface area contributed by atoms with Gasteiger partial charge in [-0.15, -0.1) is 0 Å². The number of nitrogens with one attached hydrogen (secondary N) is 1. The Hall–Kier alpha value is -3.06. The zero-order chi connectivity index (χ0) is 34.2. The summed E-state index contributed by atoms with van der Waals surface area (Å²) in [5.74, 6) is 4.96. The molecule has 264 valence electrons. The first kappa shape index (κ1) is 36.2. The van der Waals surface area contributed by atoms with Crippen LogP contribution in [0.2, 0.25) is 0 Å². The first-order valence-electron chi connectivity index (χ1n) is 18.7. The summed E-state index contributed by atoms with van der Waals surface area (Å²) in [6, 6.07) is 12.8. The van der Waals surface area contributed by atoms with Crippen LogP contribution in [0, 0.1) is 23.7 Å². The molecule has 0 amide bonds. The average molecular weight is 662 g/mol. The second-order valence-corrected chi connectivity index (χ2v) is 15.2. The molecule has 1 unspecified atom stereocenters. The van der Waals surface area contributed by atoms with Gasteiger partial charge in [-0.2, -0.15) is 0 Å². The first-order chi connectivity index (χ1) is 23.2. The summed E-state index contributed by atoms with van der Waals surface area (Å²) in [6.45, 7) is 14.9. The molecule has 6 rings (SSSR count). The number of para-hydroxylation sites is 2. The van der Waals surface area contributed by atoms with Gasteiger partial charge in [-0.3, -0.25) is 9.59 Å². The largest absolute Gasteiger partial charge is 0.457 e. The van der Waals surface area contributed by atoms with E-state index in [0.717, 1.165) is 62.0 Å². The number of ether oxygens (including phenoxy) is 4. The van der Waals surface area contributed by atoms with Crippen LogP contribution in [0.25, 0.3) is 0 Å². The fourth-order valence-corrected chi connectivity index (χ4v) is 7.35. The quantitative estimate of drug-likeness (QED) is 0.160. The van der Waals surface area contributed by atoms with Gasteiger partial charge in [-0.1, -0.05) is 90.8 Å². The third kappa shape index (κ3) is 9.55. The van der Waals surface area contributed by atoms with E-state index in [-0.39, 0.29) is 37.4 Å². The highest BCUT2D eigenvalue weighted by Crippen LogP contribution is 2.47. The molecule has 3 atom stereocenters. The molecule has 3 saturated carbocycles. The number of carbonyl (C=O) groups excluding carboxylic acids is 2. The molecule has 48 heavy (non-hydrogen) atoms. The molecular weight excluding hydrogens is 602 g/mol. The number of esters is 2. The summed E-state index contributed by atoms with van der Waals surface area (Å²) in [6.07, 6.45) is 10.3. The van der Waals surface area contributed by atoms with Crippen LogP contribution >= 0.6 is 0 Å². The predicted octanol–water partition coefficient (Wildman–Crippen LogP) is 9.21. The van der Waals surface area contributed by atoms with Gasteiger partial charge in [0.15, 0.2) is 0 Å². The summed E-state index contributed by atoms with van der Waals surface area (Å²) in [7, 11) is 0. The van der Waals surface area contributed by atoms with Gasteiger partial charge >= 0.3 is 11.9 Å². The molecule has 0 radical (unpaired) electrons. The Kier molecular flexibility index (Phi) is 12.9. The average Bonchev–Trinajstić information content (AvgIpc) is 4.00. The lowest BCUT2D eigenvalue weighted by molar-refractivity contribution is -0.155. The summed E-state index contributed by atoms with van der Waals surface area (Å²) in [5, 5.41) is 3.19. The van der Waals surface area contributed by atoms with Gasteiger partial charge in [-0.05, 0) is 109 Å². The van der Waals surface area contributed by atoms with Crippen LogP contribution in [-0.2, 0) is 19.1 Å². The van der Waals surface area contributed by atoms with E-state index >= 15 is 0 Å². The van der Waals surface area contributed by atoms with Crippen LogP contribution in [-0.4, -0.2) is 38.6 Å². The van der Waals surface area contributed by atoms with Crippen LogP contribution in [0.1, 0.15) is 145 Å². The maximum Gasteiger partial charge on any atom is 0.313 e. The van der Waals surface area contributed by atoms with Crippen molar-refractivity contribution in [3.8, 4) is 11.5 Å². The molecule has 4 fully saturated rings. The van der Waals surface area contributed by atoms with Gasteiger partial charge in [0.2, 0.25) is 13.6 Å². The fraction of sp³-hybridized carbons (Fsp3) is 0.659. The Bertz CT molecular complexity index is 1250. The van der Waals surface area contributed by atoms with Gasteiger partial charge in [0.25, 0.3) is 0 Å². The molecule has 0 aromatic heterocycles. The van der Waals surface area contributed by atoms with Crippen molar-refractivity contribution in [2.24, 2.45) is 23.7 Å². The van der Waals surface area contributed by atoms with Crippen LogP contribution in [0.4, 0.5) is 0 Å². The van der Waals surface area contributed by atoms with E-state index in [0.29, 0.717) is 30.2 Å². The normalized spacial score (nSPS) is 20.6. The standard InChI is InChI=1S/C21H30O3.C20H29NO3/c1-14(2)18-9-6-10-19(15(3)16-11-12-16)20(18)23-13-24-21(22)17-7-4-5-8-17;1-13(2)17-5-4-6-18(14(3)15-7-8-15)19(17)23-12-24-20(22)16-9-10-21-11-16/h6,9-10,14-17H,4-5,7-8,11-13H2,1-3H3;4-6,13-16,21H,7-12H2,1-3H3/t15-;14-,16?/m11/s1. The van der Waals surface area contributed by atoms with E-state index < -0.39 is 0 Å². The topological polar surface area (TPSA) is 83.1 Å². The van der Waals surface area contributed by atoms with E-state index in [9.17, 15) is 9.59 Å². The minimum atomic E-state index is -0.154. The van der Waals surface area contributed by atoms with Crippen molar-refractivity contribution in [1.29, 1.82) is 0 Å². The second-order valence-electron chi connectivity index (χ2n) is 15.2. The van der Waals surface area contributed by atoms with Gasteiger partial charge in [0, 0.05) is 6.54 Å². The molecule has 3 aliphatic carbocycles. The van der Waals surface area contributed by atoms with E-state index in [2.05, 4.69) is 83.3 Å². The zero-order valence-electron chi connectivity index (χ0n) is 30.2. The highest BCUT2D eigenvalue weighted by atomic mass is 16.7. The zero-order valence-corrected chi connectivity index (χ0v) is 30.2. The summed E-state index contributed by atoms with van der Waals surface area (Å²) in [5.41, 5.74) is 4.92. The van der Waals surface area contributed by atoms with Gasteiger partial charge in [-0.25, -0.2) is 0 Å². The monoisotopic (exact) mass is 661 g/mol. The minimum absolute atomic E-state index is 0.00343. The Balaban J connectivity index is 0.000000188. The third-order valence-electron chi connectivity index (χ3n) is 10.9. The molecule has 1 aliphatic heterocycles. The van der Waals surface area contributed by atoms with Crippen molar-refractivity contribution >= 4 is 11.9 Å². The Morgan fingerprint density at radius 3 is 1.46 bits per heavy atom. The van der Waals surface area contributed by atoms with Crippen molar-refractivity contribution in [3.63, 3.8) is 0 Å². The number of carbonyl (C=O) groups is 2. The van der Waals surface area contributed by atoms with E-state index in [1.807, 2.05) is 0 Å². The van der Waals surface area contributed by atoms with E-state index in [4.69, 9.17) is 18.9 Å². The number of hydrogen-bond donors (Lipinski definition) is 1. The maximum atomic E-state index is 12.1. The molecule has 0 spiro atoms. The highest BCUT2D eigenvalue weighted by molar-refractivity contribution is 5.73. The smallest absolute Gasteiger partial charge is 0.313 e. The van der Waals surface area contributed by atoms with Crippen LogP contribution < -0.4 is 14.8 Å². The highest BCUT2D eigenvalue weighted by Gasteiger charge is 2.33. The van der Waals surface area contributed by atoms with Crippen molar-refractivity contribution in [2.75, 3.05) is 26.7 Å². The van der Waals surface area contributed by atoms with Crippen LogP contribution in [0.5, 0.6) is 11.5 Å². The SMILES string of the molecule is CC(C)c1cccc([C@H](C)C2CC2)c1OCOC(=O)C1CCCC1.CC(C)c1cccc([C@H](C)C2CC2)c1OCOC(=O)C1CCNC1. The number of rotatable bonds is 14. The van der Waals surface area contributed by atoms with Gasteiger partial charge in [0.1, 0.15) is 11.5 Å². The van der Waals surface area contributed by atoms with Crippen molar-refractivity contribution in [2.45, 2.75) is 123 Å². The van der Waals surface area contributed by atoms with Crippen molar-refractivity contribution < 1.29 is 28.5 Å². The fourth-order valence-electron chi connectivity index (χ4n) is 7.35. The second kappa shape index (κ2) is 17.0. The number of hydrogen-bond acceptors (Lipinski definition) is 7. The molecule has 0 bridgehead atoms. The first-order valence-corrected chi connectivity index (χ1v) is 18.7. The van der Waals surface area contributed by atoms with Crippen molar-refractivity contribution in [3.05, 3.63) is 58.7 Å².